The van der Waals surface area contributed by atoms with Crippen LogP contribution in [0.25, 0.3) is 0 Å². The first-order valence-corrected chi connectivity index (χ1v) is 45.8. The molecule has 12 N–H and O–H groups in total. The van der Waals surface area contributed by atoms with Crippen LogP contribution in [0.15, 0.2) is 122 Å². The standard InChI is InChI=1S/C95H165NO18/c1-3-5-7-9-11-13-15-17-19-21-23-25-27-29-31-33-35-36-37-38-39-40-41-42-43-45-47-49-51-53-55-57-59-61-63-65-67-69-71-73-83(101)96-78(79(100)72-70-68-66-64-62-60-58-56-54-52-50-48-46-44-34-32-30-28-26-24-22-20-18-16-14-12-10-8-6-4-2)77-109-93-89(107)86(104)91(81(75-98)111-93)114-95-90(108)87(105)92(82(76-99)112-95)113-94-88(106)85(103)84(102)80(74-97)110-94/h5,7,11,13,17,19,23,25,29,31,35-36,38-39,41-42,45,47,70,72,78-82,84-95,97-100,102-108H,3-4,6,8-10,12,14-16,18,20-22,24,26-28,30,32-34,37,40,43-44,46,48-69,71,73-77H2,1-2H3,(H,96,101)/b7-5-,13-11-,19-17-,25-23-,31-29-,36-35-,39-38-,42-41-,47-45-,72-70+. The third-order valence-corrected chi connectivity index (χ3v) is 22.0. The molecule has 19 nitrogen and oxygen atoms in total. The smallest absolute Gasteiger partial charge is 0.220 e. The Morgan fingerprint density at radius 1 is 0.325 bits per heavy atom. The Kier molecular flexibility index (Phi) is 67.0. The molecule has 3 aliphatic heterocycles. The number of unbranched alkanes of at least 4 members (excludes halogenated alkanes) is 39. The van der Waals surface area contributed by atoms with Gasteiger partial charge in [0.15, 0.2) is 18.9 Å². The van der Waals surface area contributed by atoms with Crippen LogP contribution in [0.4, 0.5) is 0 Å². The van der Waals surface area contributed by atoms with E-state index in [1.54, 1.807) is 6.08 Å². The van der Waals surface area contributed by atoms with Gasteiger partial charge in [0, 0.05) is 6.42 Å². The van der Waals surface area contributed by atoms with Gasteiger partial charge in [0.25, 0.3) is 0 Å². The summed E-state index contributed by atoms with van der Waals surface area (Å²) in [4.78, 5) is 13.5. The summed E-state index contributed by atoms with van der Waals surface area (Å²) in [6.07, 6.45) is 77.6. The van der Waals surface area contributed by atoms with Crippen molar-refractivity contribution >= 4 is 5.91 Å². The number of nitrogens with one attached hydrogen (secondary N) is 1. The lowest BCUT2D eigenvalue weighted by molar-refractivity contribution is -0.379. The molecule has 1 amide bonds. The second kappa shape index (κ2) is 73.1. The number of carbonyl (C=O) groups is 1. The summed E-state index contributed by atoms with van der Waals surface area (Å²) in [7, 11) is 0. The van der Waals surface area contributed by atoms with E-state index >= 15 is 0 Å². The highest BCUT2D eigenvalue weighted by molar-refractivity contribution is 5.76. The monoisotopic (exact) mass is 1610 g/mol. The Balaban J connectivity index is 1.33. The molecule has 17 unspecified atom stereocenters. The fourth-order valence-corrected chi connectivity index (χ4v) is 14.8. The third-order valence-electron chi connectivity index (χ3n) is 22.0. The minimum atomic E-state index is -1.98. The van der Waals surface area contributed by atoms with Crippen LogP contribution in [0.3, 0.4) is 0 Å². The number of carbonyl (C=O) groups excluding carboxylic acids is 1. The highest BCUT2D eigenvalue weighted by Gasteiger charge is 2.54. The van der Waals surface area contributed by atoms with Crippen molar-refractivity contribution in [2.45, 2.75) is 446 Å². The van der Waals surface area contributed by atoms with Crippen molar-refractivity contribution < 1.29 is 89.4 Å². The summed E-state index contributed by atoms with van der Waals surface area (Å²) in [5, 5.41) is 121. The van der Waals surface area contributed by atoms with Gasteiger partial charge in [-0.25, -0.2) is 0 Å². The van der Waals surface area contributed by atoms with Gasteiger partial charge in [0.1, 0.15) is 73.2 Å². The average Bonchev–Trinajstić information content (AvgIpc) is 0.783. The molecule has 3 rings (SSSR count). The summed E-state index contributed by atoms with van der Waals surface area (Å²) >= 11 is 0. The van der Waals surface area contributed by atoms with Crippen LogP contribution < -0.4 is 5.32 Å². The summed E-state index contributed by atoms with van der Waals surface area (Å²) in [5.74, 6) is -0.279. The lowest BCUT2D eigenvalue weighted by Gasteiger charge is -2.48. The zero-order chi connectivity index (χ0) is 82.4. The number of rotatable bonds is 73. The molecule has 0 bridgehead atoms. The second-order valence-corrected chi connectivity index (χ2v) is 32.0. The summed E-state index contributed by atoms with van der Waals surface area (Å²) < 4.78 is 34.5. The highest BCUT2D eigenvalue weighted by Crippen LogP contribution is 2.33. The van der Waals surface area contributed by atoms with Gasteiger partial charge in [-0.05, 0) is 89.9 Å². The van der Waals surface area contributed by atoms with Crippen molar-refractivity contribution in [3.8, 4) is 0 Å². The fourth-order valence-electron chi connectivity index (χ4n) is 14.8. The van der Waals surface area contributed by atoms with E-state index in [0.29, 0.717) is 6.42 Å². The summed E-state index contributed by atoms with van der Waals surface area (Å²) in [6, 6.07) is -0.985. The minimum absolute atomic E-state index is 0.233. The first-order valence-electron chi connectivity index (χ1n) is 45.8. The van der Waals surface area contributed by atoms with Crippen LogP contribution in [0.2, 0.25) is 0 Å². The molecular formula is C95H165NO18. The maximum Gasteiger partial charge on any atom is 0.220 e. The molecule has 114 heavy (non-hydrogen) atoms. The topological polar surface area (TPSA) is 307 Å². The molecule has 17 atom stereocenters. The van der Waals surface area contributed by atoms with E-state index in [-0.39, 0.29) is 18.9 Å². The lowest BCUT2D eigenvalue weighted by Crippen LogP contribution is -2.66. The maximum absolute atomic E-state index is 13.5. The predicted octanol–water partition coefficient (Wildman–Crippen LogP) is 17.8. The van der Waals surface area contributed by atoms with Gasteiger partial charge in [0.05, 0.1) is 38.6 Å². The van der Waals surface area contributed by atoms with E-state index in [9.17, 15) is 61.0 Å². The molecule has 0 saturated carbocycles. The first kappa shape index (κ1) is 104. The van der Waals surface area contributed by atoms with Crippen LogP contribution >= 0.6 is 0 Å². The minimum Gasteiger partial charge on any atom is -0.394 e. The molecule has 0 aromatic rings. The maximum atomic E-state index is 13.5. The van der Waals surface area contributed by atoms with Crippen molar-refractivity contribution in [2.24, 2.45) is 0 Å². The quantitative estimate of drug-likeness (QED) is 0.0199. The van der Waals surface area contributed by atoms with Gasteiger partial charge >= 0.3 is 0 Å². The van der Waals surface area contributed by atoms with Crippen molar-refractivity contribution in [3.05, 3.63) is 122 Å². The van der Waals surface area contributed by atoms with Gasteiger partial charge in [-0.15, -0.1) is 0 Å². The van der Waals surface area contributed by atoms with Crippen LogP contribution in [0.5, 0.6) is 0 Å². The van der Waals surface area contributed by atoms with E-state index in [4.69, 9.17) is 28.4 Å². The van der Waals surface area contributed by atoms with E-state index < -0.39 is 124 Å². The first-order chi connectivity index (χ1) is 55.8. The van der Waals surface area contributed by atoms with Gasteiger partial charge < -0.3 is 89.9 Å². The number of ether oxygens (including phenoxy) is 6. The molecule has 0 spiro atoms. The van der Waals surface area contributed by atoms with Crippen LogP contribution in [0.1, 0.15) is 341 Å². The van der Waals surface area contributed by atoms with Crippen molar-refractivity contribution in [1.82, 2.24) is 5.32 Å². The predicted molar refractivity (Wildman–Crippen MR) is 461 cm³/mol. The molecule has 0 aromatic heterocycles. The fraction of sp³-hybridized carbons (Fsp3) is 0.779. The molecule has 19 heteroatoms. The van der Waals surface area contributed by atoms with E-state index in [1.807, 2.05) is 6.08 Å². The number of allylic oxidation sites excluding steroid dienone is 19. The zero-order valence-electron chi connectivity index (χ0n) is 71.0. The van der Waals surface area contributed by atoms with E-state index in [2.05, 4.69) is 129 Å². The van der Waals surface area contributed by atoms with Crippen LogP contribution in [-0.4, -0.2) is 193 Å². The highest BCUT2D eigenvalue weighted by atomic mass is 16.8. The van der Waals surface area contributed by atoms with Crippen molar-refractivity contribution in [1.29, 1.82) is 0 Å². The van der Waals surface area contributed by atoms with Gasteiger partial charge in [-0.1, -0.05) is 367 Å². The molecule has 0 aliphatic carbocycles. The van der Waals surface area contributed by atoms with Crippen molar-refractivity contribution in [2.75, 3.05) is 26.4 Å². The zero-order valence-corrected chi connectivity index (χ0v) is 71.0. The number of amides is 1. The Hall–Kier alpha value is -3.81. The molecule has 658 valence electrons. The number of aliphatic hydroxyl groups is 11. The summed E-state index contributed by atoms with van der Waals surface area (Å²) in [6.45, 7) is 1.66. The van der Waals surface area contributed by atoms with Crippen LogP contribution in [0, 0.1) is 0 Å². The molecule has 3 fully saturated rings. The Bertz CT molecular complexity index is 2530. The second-order valence-electron chi connectivity index (χ2n) is 32.0. The number of hydrogen-bond donors (Lipinski definition) is 12. The van der Waals surface area contributed by atoms with Gasteiger partial charge in [-0.2, -0.15) is 0 Å². The van der Waals surface area contributed by atoms with Gasteiger partial charge in [0.2, 0.25) is 5.91 Å². The van der Waals surface area contributed by atoms with Crippen LogP contribution in [-0.2, 0) is 33.2 Å². The Labute approximate surface area is 690 Å². The van der Waals surface area contributed by atoms with Gasteiger partial charge in [-0.3, -0.25) is 4.79 Å². The number of hydrogen-bond acceptors (Lipinski definition) is 18. The Morgan fingerprint density at radius 3 is 0.947 bits per heavy atom. The molecular weight excluding hydrogens is 1440 g/mol. The molecule has 0 radical (unpaired) electrons. The van der Waals surface area contributed by atoms with Crippen molar-refractivity contribution in [3.63, 3.8) is 0 Å². The number of aliphatic hydroxyl groups excluding tert-OH is 11. The van der Waals surface area contributed by atoms with E-state index in [0.717, 1.165) is 116 Å². The largest absolute Gasteiger partial charge is 0.394 e. The molecule has 3 saturated heterocycles. The molecule has 3 aliphatic rings. The van der Waals surface area contributed by atoms with E-state index in [1.165, 1.54) is 199 Å². The summed E-state index contributed by atoms with van der Waals surface area (Å²) in [5.41, 5.74) is 0. The SMILES string of the molecule is CC/C=C\C/C=C\C/C=C\C/C=C\C/C=C\C/C=C\C/C=C\C/C=C\C/C=C\CCCCCCCCCCCCCC(=O)NC(COC1OC(CO)C(OC2OC(CO)C(OC3OC(CO)C(O)C(O)C3O)C(O)C2O)C(O)C1O)C(O)/C=C/CCCCCCCCCCCCCCCCCCCCCCCCCCCCCC. The molecule has 3 heterocycles. The lowest BCUT2D eigenvalue weighted by atomic mass is 9.96. The molecule has 0 aromatic carbocycles. The Morgan fingerprint density at radius 2 is 0.605 bits per heavy atom. The average molecular weight is 1610 g/mol. The normalized spacial score (nSPS) is 25.3. The third kappa shape index (κ3) is 51.0.